The first-order chi connectivity index (χ1) is 13.4. The van der Waals surface area contributed by atoms with Crippen LogP contribution in [0.4, 0.5) is 16.2 Å². The maximum atomic E-state index is 12.8. The Hall–Kier alpha value is -2.67. The van der Waals surface area contributed by atoms with Crippen molar-refractivity contribution in [1.29, 1.82) is 0 Å². The third-order valence-corrected chi connectivity index (χ3v) is 5.56. The van der Waals surface area contributed by atoms with Gasteiger partial charge >= 0.3 is 6.03 Å². The smallest absolute Gasteiger partial charge is 0.338 e. The number of nitrogens with zero attached hydrogens (tertiary/aromatic N) is 2. The molecule has 6 nitrogen and oxygen atoms in total. The lowest BCUT2D eigenvalue weighted by Crippen LogP contribution is -2.42. The van der Waals surface area contributed by atoms with Gasteiger partial charge in [-0.05, 0) is 55.9 Å². The molecule has 1 aliphatic heterocycles. The van der Waals surface area contributed by atoms with Gasteiger partial charge in [0.15, 0.2) is 0 Å². The van der Waals surface area contributed by atoms with Crippen molar-refractivity contribution in [2.24, 2.45) is 5.10 Å². The van der Waals surface area contributed by atoms with Crippen molar-refractivity contribution in [3.8, 4) is 0 Å². The highest BCUT2D eigenvalue weighted by Gasteiger charge is 2.27. The standard InChI is InChI=1S/C21H27N5OS/c1-4-9-24-21(27)26-13(2)10-15-11-18(23)19(28-3)12-17(15)20(25-26)14-5-7-16(22)8-6-14/h5-8,11-13H,4,9-10,22-23H2,1-3H3,(H,24,27). The summed E-state index contributed by atoms with van der Waals surface area (Å²) in [6.45, 7) is 4.65. The van der Waals surface area contributed by atoms with Gasteiger partial charge in [-0.3, -0.25) is 0 Å². The van der Waals surface area contributed by atoms with Gasteiger partial charge in [0.05, 0.1) is 11.8 Å². The molecule has 5 N–H and O–H groups in total. The number of anilines is 2. The Kier molecular flexibility index (Phi) is 6.14. The highest BCUT2D eigenvalue weighted by molar-refractivity contribution is 7.98. The average Bonchev–Trinajstić information content (AvgIpc) is 2.82. The summed E-state index contributed by atoms with van der Waals surface area (Å²) in [7, 11) is 0. The zero-order valence-corrected chi connectivity index (χ0v) is 17.3. The van der Waals surface area contributed by atoms with Crippen LogP contribution in [0.2, 0.25) is 0 Å². The quantitative estimate of drug-likeness (QED) is 0.541. The first kappa shape index (κ1) is 20.1. The van der Waals surface area contributed by atoms with Gasteiger partial charge in [-0.2, -0.15) is 5.10 Å². The van der Waals surface area contributed by atoms with Crippen molar-refractivity contribution < 1.29 is 4.79 Å². The van der Waals surface area contributed by atoms with Crippen molar-refractivity contribution in [3.63, 3.8) is 0 Å². The third kappa shape index (κ3) is 4.09. The lowest BCUT2D eigenvalue weighted by Gasteiger charge is -2.23. The molecule has 0 saturated carbocycles. The van der Waals surface area contributed by atoms with Crippen LogP contribution in [0.5, 0.6) is 0 Å². The van der Waals surface area contributed by atoms with Crippen LogP contribution in [0.1, 0.15) is 37.0 Å². The number of nitrogens with two attached hydrogens (primary N) is 2. The van der Waals surface area contributed by atoms with E-state index < -0.39 is 0 Å². The number of hydrogen-bond donors (Lipinski definition) is 3. The molecule has 1 aliphatic rings. The number of rotatable bonds is 4. The molecule has 148 valence electrons. The minimum absolute atomic E-state index is 0.0959. The fourth-order valence-electron chi connectivity index (χ4n) is 3.29. The molecule has 7 heteroatoms. The topological polar surface area (TPSA) is 96.7 Å². The summed E-state index contributed by atoms with van der Waals surface area (Å²) in [4.78, 5) is 13.7. The predicted octanol–water partition coefficient (Wildman–Crippen LogP) is 3.69. The number of thioether (sulfide) groups is 1. The first-order valence-corrected chi connectivity index (χ1v) is 10.6. The average molecular weight is 398 g/mol. The summed E-state index contributed by atoms with van der Waals surface area (Å²) in [5.74, 6) is 0. The molecule has 0 bridgehead atoms. The van der Waals surface area contributed by atoms with Crippen molar-refractivity contribution in [1.82, 2.24) is 10.3 Å². The Morgan fingerprint density at radius 1 is 1.29 bits per heavy atom. The maximum absolute atomic E-state index is 12.8. The molecule has 1 heterocycles. The third-order valence-electron chi connectivity index (χ3n) is 4.77. The normalized spacial score (nSPS) is 16.2. The molecule has 28 heavy (non-hydrogen) atoms. The van der Waals surface area contributed by atoms with E-state index in [1.165, 1.54) is 0 Å². The molecular formula is C21H27N5OS. The lowest BCUT2D eigenvalue weighted by atomic mass is 9.94. The first-order valence-electron chi connectivity index (χ1n) is 9.43. The van der Waals surface area contributed by atoms with Crippen molar-refractivity contribution in [2.75, 3.05) is 24.3 Å². The van der Waals surface area contributed by atoms with Gasteiger partial charge in [-0.1, -0.05) is 19.1 Å². The summed E-state index contributed by atoms with van der Waals surface area (Å²) in [5.41, 5.74) is 17.3. The second-order valence-corrected chi connectivity index (χ2v) is 7.80. The SMILES string of the molecule is CCCNC(=O)N1N=C(c2ccc(N)cc2)c2cc(SC)c(N)cc2CC1C. The highest BCUT2D eigenvalue weighted by Crippen LogP contribution is 2.31. The molecular weight excluding hydrogens is 370 g/mol. The molecule has 2 aromatic rings. The number of carbonyl (C=O) groups is 1. The van der Waals surface area contributed by atoms with Crippen LogP contribution < -0.4 is 16.8 Å². The lowest BCUT2D eigenvalue weighted by molar-refractivity contribution is 0.182. The molecule has 0 spiro atoms. The van der Waals surface area contributed by atoms with Crippen molar-refractivity contribution >= 4 is 34.9 Å². The van der Waals surface area contributed by atoms with Gasteiger partial charge in [0.2, 0.25) is 0 Å². The second kappa shape index (κ2) is 8.56. The molecule has 0 radical (unpaired) electrons. The van der Waals surface area contributed by atoms with E-state index in [2.05, 4.69) is 11.4 Å². The van der Waals surface area contributed by atoms with Crippen LogP contribution in [-0.4, -0.2) is 35.6 Å². The van der Waals surface area contributed by atoms with E-state index >= 15 is 0 Å². The number of amides is 2. The van der Waals surface area contributed by atoms with E-state index in [1.54, 1.807) is 16.8 Å². The summed E-state index contributed by atoms with van der Waals surface area (Å²) in [6.07, 6.45) is 3.55. The van der Waals surface area contributed by atoms with E-state index in [4.69, 9.17) is 16.6 Å². The minimum atomic E-state index is -0.187. The van der Waals surface area contributed by atoms with E-state index in [0.29, 0.717) is 18.7 Å². The summed E-state index contributed by atoms with van der Waals surface area (Å²) in [6, 6.07) is 11.4. The Morgan fingerprint density at radius 3 is 2.64 bits per heavy atom. The molecule has 0 saturated heterocycles. The Bertz CT molecular complexity index is 894. The van der Waals surface area contributed by atoms with Crippen molar-refractivity contribution in [2.45, 2.75) is 37.6 Å². The summed E-state index contributed by atoms with van der Waals surface area (Å²) < 4.78 is 0. The fourth-order valence-corrected chi connectivity index (χ4v) is 3.82. The minimum Gasteiger partial charge on any atom is -0.399 e. The predicted molar refractivity (Wildman–Crippen MR) is 118 cm³/mol. The Balaban J connectivity index is 2.15. The zero-order chi connectivity index (χ0) is 20.3. The van der Waals surface area contributed by atoms with Crippen LogP contribution in [0.3, 0.4) is 0 Å². The second-order valence-electron chi connectivity index (χ2n) is 6.95. The van der Waals surface area contributed by atoms with E-state index in [-0.39, 0.29) is 12.1 Å². The van der Waals surface area contributed by atoms with Crippen LogP contribution in [0, 0.1) is 0 Å². The molecule has 2 amide bonds. The van der Waals surface area contributed by atoms with Gasteiger partial charge < -0.3 is 16.8 Å². The van der Waals surface area contributed by atoms with Gasteiger partial charge in [0.1, 0.15) is 0 Å². The molecule has 0 aliphatic carbocycles. The van der Waals surface area contributed by atoms with E-state index in [1.807, 2.05) is 50.4 Å². The van der Waals surface area contributed by atoms with Gasteiger partial charge in [-0.15, -0.1) is 11.8 Å². The zero-order valence-electron chi connectivity index (χ0n) is 16.5. The monoisotopic (exact) mass is 397 g/mol. The van der Waals surface area contributed by atoms with Crippen LogP contribution in [0.25, 0.3) is 0 Å². The fraction of sp³-hybridized carbons (Fsp3) is 0.333. The number of hydrazone groups is 1. The van der Waals surface area contributed by atoms with Gasteiger partial charge in [0.25, 0.3) is 0 Å². The number of carbonyl (C=O) groups excluding carboxylic acids is 1. The molecule has 2 aromatic carbocycles. The summed E-state index contributed by atoms with van der Waals surface area (Å²) >= 11 is 1.60. The molecule has 0 aromatic heterocycles. The van der Waals surface area contributed by atoms with Gasteiger partial charge in [0, 0.05) is 33.9 Å². The van der Waals surface area contributed by atoms with E-state index in [0.717, 1.165) is 39.4 Å². The van der Waals surface area contributed by atoms with Gasteiger partial charge in [-0.25, -0.2) is 9.80 Å². The Morgan fingerprint density at radius 2 is 2.00 bits per heavy atom. The molecule has 1 atom stereocenters. The number of urea groups is 1. The maximum Gasteiger partial charge on any atom is 0.338 e. The highest BCUT2D eigenvalue weighted by atomic mass is 32.2. The molecule has 3 rings (SSSR count). The van der Waals surface area contributed by atoms with Crippen molar-refractivity contribution in [3.05, 3.63) is 53.1 Å². The molecule has 1 unspecified atom stereocenters. The largest absolute Gasteiger partial charge is 0.399 e. The Labute approximate surface area is 170 Å². The number of nitrogens with one attached hydrogen (secondary N) is 1. The van der Waals surface area contributed by atoms with Crippen LogP contribution in [-0.2, 0) is 6.42 Å². The summed E-state index contributed by atoms with van der Waals surface area (Å²) in [5, 5.41) is 9.29. The van der Waals surface area contributed by atoms with Crippen LogP contribution >= 0.6 is 11.8 Å². The number of fused-ring (bicyclic) bond motifs is 1. The number of hydrogen-bond acceptors (Lipinski definition) is 5. The molecule has 0 fully saturated rings. The number of benzene rings is 2. The number of nitrogen functional groups attached to an aromatic ring is 2. The van der Waals surface area contributed by atoms with E-state index in [9.17, 15) is 4.79 Å². The van der Waals surface area contributed by atoms with Crippen LogP contribution in [0.15, 0.2) is 46.4 Å².